The lowest BCUT2D eigenvalue weighted by Gasteiger charge is -2.55. The highest BCUT2D eigenvalue weighted by molar-refractivity contribution is 5.93. The third kappa shape index (κ3) is 3.91. The average molecular weight is 384 g/mol. The Morgan fingerprint density at radius 1 is 1.04 bits per heavy atom. The van der Waals surface area contributed by atoms with Crippen molar-refractivity contribution < 1.29 is 19.1 Å². The van der Waals surface area contributed by atoms with Gasteiger partial charge < -0.3 is 15.4 Å². The van der Waals surface area contributed by atoms with Crippen LogP contribution in [0.15, 0.2) is 30.3 Å². The van der Waals surface area contributed by atoms with Crippen molar-refractivity contribution in [3.8, 4) is 0 Å². The van der Waals surface area contributed by atoms with Gasteiger partial charge in [0.2, 0.25) is 5.91 Å². The molecule has 1 aromatic carbocycles. The van der Waals surface area contributed by atoms with E-state index >= 15 is 0 Å². The van der Waals surface area contributed by atoms with E-state index < -0.39 is 17.9 Å². The van der Waals surface area contributed by atoms with E-state index in [-0.39, 0.29) is 17.9 Å². The smallest absolute Gasteiger partial charge is 0.328 e. The number of ether oxygens (including phenoxy) is 1. The predicted octanol–water partition coefficient (Wildman–Crippen LogP) is 2.89. The Bertz CT molecular complexity index is 726. The van der Waals surface area contributed by atoms with Gasteiger partial charge in [-0.25, -0.2) is 4.79 Å². The molecule has 4 aliphatic rings. The minimum absolute atomic E-state index is 0.00946. The fraction of sp³-hybridized carbons (Fsp3) is 0.591. The van der Waals surface area contributed by atoms with Gasteiger partial charge in [-0.05, 0) is 75.3 Å². The van der Waals surface area contributed by atoms with Gasteiger partial charge in [-0.2, -0.15) is 0 Å². The molecule has 0 unspecified atom stereocenters. The summed E-state index contributed by atoms with van der Waals surface area (Å²) in [5, 5.41) is 5.53. The molecule has 5 rings (SSSR count). The Morgan fingerprint density at radius 2 is 1.61 bits per heavy atom. The number of para-hydroxylation sites is 1. The van der Waals surface area contributed by atoms with E-state index in [2.05, 4.69) is 10.6 Å². The van der Waals surface area contributed by atoms with Gasteiger partial charge in [0, 0.05) is 11.1 Å². The van der Waals surface area contributed by atoms with E-state index in [1.807, 2.05) is 18.2 Å². The summed E-state index contributed by atoms with van der Waals surface area (Å²) in [6.45, 7) is 1.25. The van der Waals surface area contributed by atoms with E-state index in [1.165, 1.54) is 19.3 Å². The van der Waals surface area contributed by atoms with Gasteiger partial charge in [-0.1, -0.05) is 18.2 Å². The number of esters is 1. The molecular formula is C22H28N2O4. The van der Waals surface area contributed by atoms with Crippen LogP contribution in [0.25, 0.3) is 0 Å². The summed E-state index contributed by atoms with van der Waals surface area (Å²) in [6.07, 6.45) is 6.65. The Labute approximate surface area is 165 Å². The summed E-state index contributed by atoms with van der Waals surface area (Å²) in [4.78, 5) is 37.2. The normalized spacial score (nSPS) is 31.1. The molecule has 2 N–H and O–H groups in total. The average Bonchev–Trinajstić information content (AvgIpc) is 2.65. The molecule has 4 fully saturated rings. The monoisotopic (exact) mass is 384 g/mol. The number of amides is 2. The summed E-state index contributed by atoms with van der Waals surface area (Å²) in [7, 11) is 0. The third-order valence-electron chi connectivity index (χ3n) is 6.62. The molecule has 0 radical (unpaired) electrons. The molecule has 4 aliphatic carbocycles. The van der Waals surface area contributed by atoms with Crippen molar-refractivity contribution in [2.75, 3.05) is 11.9 Å². The molecule has 2 amide bonds. The van der Waals surface area contributed by atoms with Crippen molar-refractivity contribution in [2.45, 2.75) is 51.5 Å². The summed E-state index contributed by atoms with van der Waals surface area (Å²) in [5.74, 6) is 1.01. The highest BCUT2D eigenvalue weighted by atomic mass is 16.5. The van der Waals surface area contributed by atoms with Crippen LogP contribution >= 0.6 is 0 Å². The first-order chi connectivity index (χ1) is 13.4. The van der Waals surface area contributed by atoms with Gasteiger partial charge in [-0.15, -0.1) is 0 Å². The number of carbonyl (C=O) groups excluding carboxylic acids is 3. The summed E-state index contributed by atoms with van der Waals surface area (Å²) >= 11 is 0. The lowest BCUT2D eigenvalue weighted by atomic mass is 9.49. The van der Waals surface area contributed by atoms with Crippen LogP contribution in [0.4, 0.5) is 5.69 Å². The van der Waals surface area contributed by atoms with Crippen LogP contribution in [-0.2, 0) is 19.1 Å². The van der Waals surface area contributed by atoms with E-state index in [0.717, 1.165) is 19.3 Å². The molecule has 1 aromatic rings. The van der Waals surface area contributed by atoms with Crippen LogP contribution in [-0.4, -0.2) is 30.4 Å². The number of hydrogen-bond acceptors (Lipinski definition) is 4. The number of rotatable bonds is 6. The fourth-order valence-electron chi connectivity index (χ4n) is 5.78. The maximum absolute atomic E-state index is 13.0. The van der Waals surface area contributed by atoms with Crippen LogP contribution < -0.4 is 10.6 Å². The Morgan fingerprint density at radius 3 is 2.18 bits per heavy atom. The lowest BCUT2D eigenvalue weighted by molar-refractivity contribution is -0.154. The van der Waals surface area contributed by atoms with Gasteiger partial charge in [0.1, 0.15) is 6.04 Å². The Kier molecular flexibility index (Phi) is 5.13. The zero-order valence-corrected chi connectivity index (χ0v) is 16.3. The quantitative estimate of drug-likeness (QED) is 0.739. The minimum Gasteiger partial charge on any atom is -0.454 e. The first-order valence-corrected chi connectivity index (χ1v) is 10.3. The van der Waals surface area contributed by atoms with Gasteiger partial charge >= 0.3 is 5.97 Å². The molecule has 4 bridgehead atoms. The minimum atomic E-state index is -0.759. The molecule has 4 saturated carbocycles. The van der Waals surface area contributed by atoms with Crippen LogP contribution in [0.1, 0.15) is 45.4 Å². The zero-order chi connectivity index (χ0) is 19.7. The fourth-order valence-corrected chi connectivity index (χ4v) is 5.78. The summed E-state index contributed by atoms with van der Waals surface area (Å²) in [6, 6.07) is 8.23. The molecule has 1 atom stereocenters. The van der Waals surface area contributed by atoms with Crippen LogP contribution in [0.5, 0.6) is 0 Å². The molecule has 6 nitrogen and oxygen atoms in total. The number of hydrogen-bond donors (Lipinski definition) is 2. The predicted molar refractivity (Wildman–Crippen MR) is 104 cm³/mol. The molecule has 150 valence electrons. The second-order valence-electron chi connectivity index (χ2n) is 8.91. The zero-order valence-electron chi connectivity index (χ0n) is 16.3. The Hall–Kier alpha value is -2.37. The van der Waals surface area contributed by atoms with Gasteiger partial charge in [-0.3, -0.25) is 9.59 Å². The maximum Gasteiger partial charge on any atom is 0.328 e. The van der Waals surface area contributed by atoms with Crippen molar-refractivity contribution >= 4 is 23.5 Å². The summed E-state index contributed by atoms with van der Waals surface area (Å²) < 4.78 is 5.09. The molecule has 0 heterocycles. The number of anilines is 1. The highest BCUT2D eigenvalue weighted by Crippen LogP contribution is 2.60. The second-order valence-corrected chi connectivity index (χ2v) is 8.91. The standard InChI is InChI=1S/C22H28N2O4/c1-14(20(26)28-13-19(25)24-18-5-3-2-4-6-18)23-21(27)22-10-15-7-16(11-22)9-17(8-15)12-22/h2-6,14-17H,7-13H2,1H3,(H,23,27)(H,24,25)/t14-,15?,16?,17?,22?/m0/s1. The van der Waals surface area contributed by atoms with Crippen molar-refractivity contribution in [1.82, 2.24) is 5.32 Å². The second kappa shape index (κ2) is 7.57. The molecule has 0 spiro atoms. The van der Waals surface area contributed by atoms with Crippen LogP contribution in [0, 0.1) is 23.2 Å². The van der Waals surface area contributed by atoms with Crippen molar-refractivity contribution in [3.05, 3.63) is 30.3 Å². The SMILES string of the molecule is C[C@H](NC(=O)C12CC3CC(CC(C3)C1)C2)C(=O)OCC(=O)Nc1ccccc1. The number of nitrogens with one attached hydrogen (secondary N) is 2. The lowest BCUT2D eigenvalue weighted by Crippen LogP contribution is -2.56. The molecule has 6 heteroatoms. The third-order valence-corrected chi connectivity index (χ3v) is 6.62. The van der Waals surface area contributed by atoms with Crippen molar-refractivity contribution in [1.29, 1.82) is 0 Å². The van der Waals surface area contributed by atoms with Crippen LogP contribution in [0.2, 0.25) is 0 Å². The largest absolute Gasteiger partial charge is 0.454 e. The highest BCUT2D eigenvalue weighted by Gasteiger charge is 2.54. The first-order valence-electron chi connectivity index (χ1n) is 10.3. The number of carbonyl (C=O) groups is 3. The van der Waals surface area contributed by atoms with Gasteiger partial charge in [0.15, 0.2) is 6.61 Å². The molecule has 0 aromatic heterocycles. The van der Waals surface area contributed by atoms with E-state index in [1.54, 1.807) is 19.1 Å². The van der Waals surface area contributed by atoms with E-state index in [4.69, 9.17) is 4.74 Å². The summed E-state index contributed by atoms with van der Waals surface area (Å²) in [5.41, 5.74) is 0.347. The van der Waals surface area contributed by atoms with Gasteiger partial charge in [0.05, 0.1) is 0 Å². The number of benzene rings is 1. The van der Waals surface area contributed by atoms with E-state index in [9.17, 15) is 14.4 Å². The molecular weight excluding hydrogens is 356 g/mol. The van der Waals surface area contributed by atoms with Crippen molar-refractivity contribution in [3.63, 3.8) is 0 Å². The van der Waals surface area contributed by atoms with Crippen molar-refractivity contribution in [2.24, 2.45) is 23.2 Å². The van der Waals surface area contributed by atoms with Gasteiger partial charge in [0.25, 0.3) is 5.91 Å². The van der Waals surface area contributed by atoms with E-state index in [0.29, 0.717) is 23.4 Å². The Balaban J connectivity index is 1.26. The molecule has 0 aliphatic heterocycles. The topological polar surface area (TPSA) is 84.5 Å². The van der Waals surface area contributed by atoms with Crippen LogP contribution in [0.3, 0.4) is 0 Å². The maximum atomic E-state index is 13.0. The first kappa shape index (κ1) is 19.0. The molecule has 28 heavy (non-hydrogen) atoms. The molecule has 0 saturated heterocycles.